The van der Waals surface area contributed by atoms with Crippen LogP contribution in [-0.4, -0.2) is 19.0 Å². The Balaban J connectivity index is 0.00000144. The molecule has 0 bridgehead atoms. The first-order valence-electron chi connectivity index (χ1n) is 5.44. The van der Waals surface area contributed by atoms with Gasteiger partial charge in [0.1, 0.15) is 0 Å². The zero-order valence-electron chi connectivity index (χ0n) is 10.2. The molecule has 0 atom stereocenters. The van der Waals surface area contributed by atoms with Gasteiger partial charge in [0.15, 0.2) is 0 Å². The molecule has 1 aliphatic rings. The van der Waals surface area contributed by atoms with Gasteiger partial charge in [-0.3, -0.25) is 0 Å². The second-order valence-corrected chi connectivity index (χ2v) is 4.34. The molecule has 0 unspecified atom stereocenters. The molecule has 0 aromatic heterocycles. The Labute approximate surface area is 118 Å². The van der Waals surface area contributed by atoms with E-state index in [2.05, 4.69) is 0 Å². The third kappa shape index (κ3) is 3.70. The topological polar surface area (TPSA) is 29.3 Å². The molecule has 0 aliphatic carbocycles. The van der Waals surface area contributed by atoms with Crippen molar-refractivity contribution in [2.75, 3.05) is 18.0 Å². The quantitative estimate of drug-likeness (QED) is 0.909. The highest BCUT2D eigenvalue weighted by Gasteiger charge is 2.38. The van der Waals surface area contributed by atoms with Gasteiger partial charge in [0.2, 0.25) is 0 Å². The number of benzene rings is 1. The number of alkyl halides is 2. The Hall–Kier alpha value is -0.580. The summed E-state index contributed by atoms with van der Waals surface area (Å²) in [6, 6.07) is 5.72. The van der Waals surface area contributed by atoms with Crippen LogP contribution < -0.4 is 10.6 Å². The molecule has 1 aromatic carbocycles. The van der Waals surface area contributed by atoms with Crippen molar-refractivity contribution in [2.45, 2.75) is 25.8 Å². The summed E-state index contributed by atoms with van der Waals surface area (Å²) in [6.07, 6.45) is -0.0509. The van der Waals surface area contributed by atoms with Gasteiger partial charge in [-0.2, -0.15) is 0 Å². The molecule has 2 N–H and O–H groups in total. The van der Waals surface area contributed by atoms with Crippen molar-refractivity contribution in [2.24, 2.45) is 5.73 Å². The molecule has 104 valence electrons. The molecule has 0 saturated carbocycles. The predicted molar refractivity (Wildman–Crippen MR) is 75.3 cm³/mol. The molecular formula is C12H18Cl2F2N2. The minimum atomic E-state index is -2.54. The van der Waals surface area contributed by atoms with E-state index in [0.29, 0.717) is 13.1 Å². The van der Waals surface area contributed by atoms with Crippen molar-refractivity contribution in [1.82, 2.24) is 0 Å². The zero-order valence-corrected chi connectivity index (χ0v) is 11.8. The van der Waals surface area contributed by atoms with E-state index >= 15 is 0 Å². The van der Waals surface area contributed by atoms with Gasteiger partial charge in [-0.25, -0.2) is 8.78 Å². The van der Waals surface area contributed by atoms with Gasteiger partial charge < -0.3 is 10.6 Å². The molecule has 18 heavy (non-hydrogen) atoms. The number of hydrogen-bond acceptors (Lipinski definition) is 2. The van der Waals surface area contributed by atoms with Gasteiger partial charge in [0.25, 0.3) is 5.92 Å². The first-order chi connectivity index (χ1) is 7.52. The minimum Gasteiger partial charge on any atom is -0.365 e. The van der Waals surface area contributed by atoms with Crippen LogP contribution in [0.1, 0.15) is 17.5 Å². The maximum atomic E-state index is 13.1. The number of anilines is 1. The number of nitrogens with two attached hydrogens (primary N) is 1. The number of nitrogens with zero attached hydrogens (tertiary/aromatic N) is 1. The first kappa shape index (κ1) is 17.4. The van der Waals surface area contributed by atoms with Crippen LogP contribution in [0.4, 0.5) is 14.5 Å². The molecule has 2 nitrogen and oxygen atoms in total. The average molecular weight is 299 g/mol. The summed E-state index contributed by atoms with van der Waals surface area (Å²) >= 11 is 0. The largest absolute Gasteiger partial charge is 0.365 e. The van der Waals surface area contributed by atoms with Crippen molar-refractivity contribution in [3.8, 4) is 0 Å². The minimum absolute atomic E-state index is 0. The summed E-state index contributed by atoms with van der Waals surface area (Å²) < 4.78 is 26.1. The fraction of sp³-hybridized carbons (Fsp3) is 0.500. The molecule has 1 aliphatic heterocycles. The van der Waals surface area contributed by atoms with Gasteiger partial charge in [0.05, 0.1) is 6.54 Å². The summed E-state index contributed by atoms with van der Waals surface area (Å²) in [5.74, 6) is -2.54. The van der Waals surface area contributed by atoms with Crippen molar-refractivity contribution < 1.29 is 8.78 Å². The fourth-order valence-electron chi connectivity index (χ4n) is 2.06. The van der Waals surface area contributed by atoms with Crippen molar-refractivity contribution >= 4 is 30.5 Å². The smallest absolute Gasteiger partial charge is 0.266 e. The lowest BCUT2D eigenvalue weighted by Crippen LogP contribution is -2.24. The zero-order chi connectivity index (χ0) is 11.8. The summed E-state index contributed by atoms with van der Waals surface area (Å²) in [5, 5.41) is 0. The molecule has 2 rings (SSSR count). The van der Waals surface area contributed by atoms with E-state index in [1.165, 1.54) is 0 Å². The number of rotatable bonds is 2. The van der Waals surface area contributed by atoms with Crippen LogP contribution in [0.2, 0.25) is 0 Å². The van der Waals surface area contributed by atoms with E-state index in [9.17, 15) is 8.78 Å². The van der Waals surface area contributed by atoms with Gasteiger partial charge in [-0.05, 0) is 30.2 Å². The third-order valence-corrected chi connectivity index (χ3v) is 3.08. The Kier molecular flexibility index (Phi) is 6.34. The van der Waals surface area contributed by atoms with Crippen molar-refractivity contribution in [3.63, 3.8) is 0 Å². The normalized spacial score (nSPS) is 17.0. The first-order valence-corrected chi connectivity index (χ1v) is 5.44. The lowest BCUT2D eigenvalue weighted by Gasteiger charge is -2.19. The summed E-state index contributed by atoms with van der Waals surface area (Å²) in [6.45, 7) is 2.70. The van der Waals surface area contributed by atoms with E-state index in [1.54, 1.807) is 4.90 Å². The molecule has 6 heteroatoms. The van der Waals surface area contributed by atoms with Crippen LogP contribution in [-0.2, 0) is 6.54 Å². The molecule has 1 saturated heterocycles. The van der Waals surface area contributed by atoms with Gasteiger partial charge in [-0.15, -0.1) is 24.8 Å². The molecule has 0 amide bonds. The van der Waals surface area contributed by atoms with Crippen LogP contribution in [0.5, 0.6) is 0 Å². The van der Waals surface area contributed by atoms with Crippen LogP contribution in [0.15, 0.2) is 18.2 Å². The molecule has 1 aromatic rings. The van der Waals surface area contributed by atoms with Crippen LogP contribution in [0.3, 0.4) is 0 Å². The molecule has 0 spiro atoms. The Morgan fingerprint density at radius 2 is 2.00 bits per heavy atom. The second kappa shape index (κ2) is 6.55. The predicted octanol–water partition coefficient (Wildman–Crippen LogP) is 3.14. The lowest BCUT2D eigenvalue weighted by molar-refractivity contribution is 0.0257. The van der Waals surface area contributed by atoms with E-state index in [4.69, 9.17) is 5.73 Å². The van der Waals surface area contributed by atoms with Crippen LogP contribution in [0, 0.1) is 6.92 Å². The van der Waals surface area contributed by atoms with E-state index < -0.39 is 5.92 Å². The summed E-state index contributed by atoms with van der Waals surface area (Å²) in [5.41, 5.74) is 8.56. The lowest BCUT2D eigenvalue weighted by atomic mass is 10.1. The number of aryl methyl sites for hydroxylation is 1. The molecular weight excluding hydrogens is 281 g/mol. The Morgan fingerprint density at radius 3 is 2.44 bits per heavy atom. The fourth-order valence-corrected chi connectivity index (χ4v) is 2.06. The third-order valence-electron chi connectivity index (χ3n) is 3.08. The summed E-state index contributed by atoms with van der Waals surface area (Å²) in [7, 11) is 0. The molecule has 1 heterocycles. The SMILES string of the molecule is Cc1cc(N2CCC(F)(F)C2)ccc1CN.Cl.Cl. The van der Waals surface area contributed by atoms with Crippen LogP contribution >= 0.6 is 24.8 Å². The Morgan fingerprint density at radius 1 is 1.33 bits per heavy atom. The summed E-state index contributed by atoms with van der Waals surface area (Å²) in [4.78, 5) is 1.73. The highest BCUT2D eigenvalue weighted by atomic mass is 35.5. The van der Waals surface area contributed by atoms with Gasteiger partial charge in [0, 0.05) is 25.2 Å². The standard InChI is InChI=1S/C12H16F2N2.2ClH/c1-9-6-11(3-2-10(9)7-15)16-5-4-12(13,14)8-16;;/h2-3,6H,4-5,7-8,15H2,1H3;2*1H. The maximum absolute atomic E-state index is 13.1. The van der Waals surface area contributed by atoms with E-state index in [-0.39, 0.29) is 37.8 Å². The highest BCUT2D eigenvalue weighted by Crippen LogP contribution is 2.31. The van der Waals surface area contributed by atoms with Crippen LogP contribution in [0.25, 0.3) is 0 Å². The molecule has 0 radical (unpaired) electrons. The highest BCUT2D eigenvalue weighted by molar-refractivity contribution is 5.85. The Bertz CT molecular complexity index is 400. The number of halogens is 4. The van der Waals surface area contributed by atoms with Crippen molar-refractivity contribution in [1.29, 1.82) is 0 Å². The van der Waals surface area contributed by atoms with Gasteiger partial charge >= 0.3 is 0 Å². The van der Waals surface area contributed by atoms with Gasteiger partial charge in [-0.1, -0.05) is 6.07 Å². The van der Waals surface area contributed by atoms with Crippen molar-refractivity contribution in [3.05, 3.63) is 29.3 Å². The monoisotopic (exact) mass is 298 g/mol. The van der Waals surface area contributed by atoms with E-state index in [0.717, 1.165) is 16.8 Å². The number of hydrogen-bond donors (Lipinski definition) is 1. The second-order valence-electron chi connectivity index (χ2n) is 4.34. The maximum Gasteiger partial charge on any atom is 0.266 e. The average Bonchev–Trinajstić information content (AvgIpc) is 2.59. The molecule has 1 fully saturated rings. The van der Waals surface area contributed by atoms with E-state index in [1.807, 2.05) is 25.1 Å².